The molecule has 0 aliphatic carbocycles. The van der Waals surface area contributed by atoms with Gasteiger partial charge in [-0.05, 0) is 48.6 Å². The fourth-order valence-corrected chi connectivity index (χ4v) is 6.78. The minimum atomic E-state index is -0.949. The molecule has 10 nitrogen and oxygen atoms in total. The maximum atomic E-state index is 13.7. The highest BCUT2D eigenvalue weighted by molar-refractivity contribution is 6.01. The van der Waals surface area contributed by atoms with Crippen molar-refractivity contribution in [3.63, 3.8) is 0 Å². The van der Waals surface area contributed by atoms with Crippen LogP contribution in [-0.4, -0.2) is 83.4 Å². The summed E-state index contributed by atoms with van der Waals surface area (Å²) in [5.41, 5.74) is 3.12. The fourth-order valence-electron chi connectivity index (χ4n) is 6.78. The zero-order chi connectivity index (χ0) is 30.5. The molecule has 232 valence electrons. The van der Waals surface area contributed by atoms with Gasteiger partial charge in [0.15, 0.2) is 11.5 Å². The Morgan fingerprint density at radius 3 is 2.51 bits per heavy atom. The van der Waals surface area contributed by atoms with Gasteiger partial charge in [0.2, 0.25) is 18.6 Å². The van der Waals surface area contributed by atoms with Crippen molar-refractivity contribution in [2.24, 2.45) is 5.92 Å². The maximum Gasteiger partial charge on any atom is 0.308 e. The lowest BCUT2D eigenvalue weighted by atomic mass is 9.83. The normalized spacial score (nSPS) is 21.0. The molecule has 1 saturated heterocycles. The number of ether oxygens (including phenoxy) is 2. The number of benzene rings is 2. The van der Waals surface area contributed by atoms with Crippen LogP contribution in [0.1, 0.15) is 68.6 Å². The molecule has 0 saturated carbocycles. The standard InChI is InChI=1S/C33H43N3O7/c1-3-5-12-34(13-6-4-2)30(39)19-35-18-25(23-15-24(20-37)32-28(16-23)42-21-43-32)31(33(40)41)27(35)11-14-36-26-10-8-7-9-22(26)17-29(36)38/h7-10,15-16,25,27,31,37H,3-6,11-14,17-21H2,1-2H3,(H,40,41)/t25-,27+,31-/m1/s1. The van der Waals surface area contributed by atoms with E-state index in [-0.39, 0.29) is 31.8 Å². The Labute approximate surface area is 253 Å². The fraction of sp³-hybridized carbons (Fsp3) is 0.545. The second kappa shape index (κ2) is 13.8. The number of para-hydroxylation sites is 1. The molecular formula is C33H43N3O7. The van der Waals surface area contributed by atoms with Gasteiger partial charge in [-0.25, -0.2) is 0 Å². The molecule has 0 unspecified atom stereocenters. The number of anilines is 1. The molecule has 2 aromatic carbocycles. The summed E-state index contributed by atoms with van der Waals surface area (Å²) in [6, 6.07) is 10.8. The number of hydrogen-bond donors (Lipinski definition) is 2. The second-order valence-electron chi connectivity index (χ2n) is 11.8. The van der Waals surface area contributed by atoms with Gasteiger partial charge >= 0.3 is 5.97 Å². The van der Waals surface area contributed by atoms with E-state index in [2.05, 4.69) is 13.8 Å². The molecule has 3 heterocycles. The molecular weight excluding hydrogens is 550 g/mol. The van der Waals surface area contributed by atoms with E-state index >= 15 is 0 Å². The third-order valence-corrected chi connectivity index (χ3v) is 9.03. The molecule has 2 N–H and O–H groups in total. The summed E-state index contributed by atoms with van der Waals surface area (Å²) in [5, 5.41) is 20.7. The highest BCUT2D eigenvalue weighted by atomic mass is 16.7. The van der Waals surface area contributed by atoms with Crippen molar-refractivity contribution in [2.45, 2.75) is 70.9 Å². The second-order valence-corrected chi connectivity index (χ2v) is 11.8. The monoisotopic (exact) mass is 593 g/mol. The topological polar surface area (TPSA) is 120 Å². The van der Waals surface area contributed by atoms with Crippen LogP contribution in [0, 0.1) is 5.92 Å². The Morgan fingerprint density at radius 2 is 1.81 bits per heavy atom. The molecule has 3 atom stereocenters. The number of aliphatic hydroxyl groups excluding tert-OH is 1. The van der Waals surface area contributed by atoms with Gasteiger partial charge in [0.1, 0.15) is 0 Å². The highest BCUT2D eigenvalue weighted by Gasteiger charge is 2.48. The zero-order valence-electron chi connectivity index (χ0n) is 25.2. The minimum absolute atomic E-state index is 0.000942. The van der Waals surface area contributed by atoms with Crippen LogP contribution in [0.5, 0.6) is 11.5 Å². The molecule has 3 aliphatic heterocycles. The van der Waals surface area contributed by atoms with Crippen molar-refractivity contribution >= 4 is 23.5 Å². The molecule has 0 aromatic heterocycles. The van der Waals surface area contributed by atoms with E-state index in [0.717, 1.165) is 42.5 Å². The first-order chi connectivity index (χ1) is 20.9. The van der Waals surface area contributed by atoms with Crippen LogP contribution in [0.25, 0.3) is 0 Å². The molecule has 0 radical (unpaired) electrons. The third-order valence-electron chi connectivity index (χ3n) is 9.03. The van der Waals surface area contributed by atoms with E-state index < -0.39 is 23.8 Å². The molecule has 10 heteroatoms. The summed E-state index contributed by atoms with van der Waals surface area (Å²) >= 11 is 0. The first-order valence-electron chi connectivity index (χ1n) is 15.5. The van der Waals surface area contributed by atoms with E-state index in [9.17, 15) is 24.6 Å². The van der Waals surface area contributed by atoms with Gasteiger partial charge in [0.25, 0.3) is 0 Å². The number of amides is 2. The van der Waals surface area contributed by atoms with Crippen molar-refractivity contribution in [3.05, 3.63) is 53.1 Å². The van der Waals surface area contributed by atoms with Crippen LogP contribution in [0.2, 0.25) is 0 Å². The summed E-state index contributed by atoms with van der Waals surface area (Å²) in [6.07, 6.45) is 4.52. The van der Waals surface area contributed by atoms with Crippen LogP contribution in [0.3, 0.4) is 0 Å². The van der Waals surface area contributed by atoms with E-state index in [1.807, 2.05) is 34.1 Å². The number of rotatable bonds is 14. The molecule has 3 aliphatic rings. The van der Waals surface area contributed by atoms with Crippen molar-refractivity contribution < 1.29 is 34.1 Å². The summed E-state index contributed by atoms with van der Waals surface area (Å²) in [6.45, 7) is 6.17. The summed E-state index contributed by atoms with van der Waals surface area (Å²) in [4.78, 5) is 45.3. The molecule has 1 fully saturated rings. The number of nitrogens with zero attached hydrogens (tertiary/aromatic N) is 3. The van der Waals surface area contributed by atoms with E-state index in [0.29, 0.717) is 56.1 Å². The minimum Gasteiger partial charge on any atom is -0.481 e. The lowest BCUT2D eigenvalue weighted by Gasteiger charge is -2.31. The van der Waals surface area contributed by atoms with Gasteiger partial charge in [0.05, 0.1) is 25.5 Å². The van der Waals surface area contributed by atoms with Crippen molar-refractivity contribution in [1.82, 2.24) is 9.80 Å². The number of fused-ring (bicyclic) bond motifs is 2. The quantitative estimate of drug-likeness (QED) is 0.340. The first-order valence-corrected chi connectivity index (χ1v) is 15.5. The van der Waals surface area contributed by atoms with Crippen LogP contribution in [0.4, 0.5) is 5.69 Å². The number of aliphatic hydroxyl groups is 1. The number of likely N-dealkylation sites (tertiary alicyclic amines) is 1. The van der Waals surface area contributed by atoms with Gasteiger partial charge in [-0.1, -0.05) is 44.9 Å². The predicted octanol–water partition coefficient (Wildman–Crippen LogP) is 3.78. The molecule has 0 bridgehead atoms. The number of unbranched alkanes of at least 4 members (excludes halogenated alkanes) is 2. The molecule has 0 spiro atoms. The maximum absolute atomic E-state index is 13.7. The van der Waals surface area contributed by atoms with Crippen molar-refractivity contribution in [2.75, 3.05) is 44.4 Å². The molecule has 2 aromatic rings. The van der Waals surface area contributed by atoms with Gasteiger partial charge in [0, 0.05) is 49.4 Å². The van der Waals surface area contributed by atoms with E-state index in [4.69, 9.17) is 9.47 Å². The zero-order valence-corrected chi connectivity index (χ0v) is 25.2. The number of aliphatic carboxylic acids is 1. The Morgan fingerprint density at radius 1 is 1.07 bits per heavy atom. The summed E-state index contributed by atoms with van der Waals surface area (Å²) < 4.78 is 11.2. The molecule has 43 heavy (non-hydrogen) atoms. The molecule has 5 rings (SSSR count). The highest BCUT2D eigenvalue weighted by Crippen LogP contribution is 2.45. The van der Waals surface area contributed by atoms with E-state index in [1.54, 1.807) is 17.0 Å². The van der Waals surface area contributed by atoms with E-state index in [1.165, 1.54) is 0 Å². The average Bonchev–Trinajstić information content (AvgIpc) is 3.70. The molecule has 2 amide bonds. The SMILES string of the molecule is CCCCN(CCCC)C(=O)CN1C[C@H](c2cc(CO)c3c(c2)OCO3)[C@@H](C(=O)O)[C@@H]1CCN1C(=O)Cc2ccccc21. The van der Waals surface area contributed by atoms with Crippen molar-refractivity contribution in [1.29, 1.82) is 0 Å². The third kappa shape index (κ3) is 6.50. The first kappa shape index (κ1) is 30.8. The van der Waals surface area contributed by atoms with Gasteiger partial charge in [-0.15, -0.1) is 0 Å². The Kier molecular flexibility index (Phi) is 9.87. The smallest absolute Gasteiger partial charge is 0.308 e. The average molecular weight is 594 g/mol. The Hall–Kier alpha value is -3.63. The summed E-state index contributed by atoms with van der Waals surface area (Å²) in [5.74, 6) is -1.26. The Bertz CT molecular complexity index is 1320. The number of hydrogen-bond acceptors (Lipinski definition) is 7. The Balaban J connectivity index is 1.45. The number of carbonyl (C=O) groups excluding carboxylic acids is 2. The lowest BCUT2D eigenvalue weighted by molar-refractivity contribution is -0.143. The predicted molar refractivity (Wildman–Crippen MR) is 161 cm³/mol. The van der Waals surface area contributed by atoms with Gasteiger partial charge < -0.3 is 29.5 Å². The number of carboxylic acid groups (broad SMARTS) is 1. The lowest BCUT2D eigenvalue weighted by Crippen LogP contribution is -2.46. The number of carbonyl (C=O) groups is 3. The van der Waals surface area contributed by atoms with Crippen LogP contribution >= 0.6 is 0 Å². The van der Waals surface area contributed by atoms with Gasteiger partial charge in [-0.2, -0.15) is 0 Å². The van der Waals surface area contributed by atoms with Crippen LogP contribution in [-0.2, 0) is 27.4 Å². The largest absolute Gasteiger partial charge is 0.481 e. The van der Waals surface area contributed by atoms with Crippen LogP contribution < -0.4 is 14.4 Å². The summed E-state index contributed by atoms with van der Waals surface area (Å²) in [7, 11) is 0. The van der Waals surface area contributed by atoms with Gasteiger partial charge in [-0.3, -0.25) is 19.3 Å². The number of carboxylic acids is 1. The van der Waals surface area contributed by atoms with Crippen LogP contribution in [0.15, 0.2) is 36.4 Å². The van der Waals surface area contributed by atoms with Crippen molar-refractivity contribution in [3.8, 4) is 11.5 Å².